The molecule has 112 valence electrons. The minimum atomic E-state index is 0. The first-order valence-electron chi connectivity index (χ1n) is 7.16. The van der Waals surface area contributed by atoms with E-state index in [4.69, 9.17) is 0 Å². The molecule has 0 fully saturated rings. The van der Waals surface area contributed by atoms with Crippen LogP contribution in [0.1, 0.15) is 22.3 Å². The zero-order valence-corrected chi connectivity index (χ0v) is 13.4. The number of aromatic nitrogens is 1. The molecular formula is C17H22ClN3. The second-order valence-electron chi connectivity index (χ2n) is 5.60. The molecule has 1 N–H and O–H groups in total. The van der Waals surface area contributed by atoms with Gasteiger partial charge in [-0.25, -0.2) is 0 Å². The minimum absolute atomic E-state index is 0. The number of rotatable bonds is 4. The van der Waals surface area contributed by atoms with Gasteiger partial charge >= 0.3 is 0 Å². The van der Waals surface area contributed by atoms with E-state index in [0.717, 1.165) is 26.1 Å². The van der Waals surface area contributed by atoms with Gasteiger partial charge in [-0.15, -0.1) is 12.4 Å². The molecule has 0 saturated carbocycles. The molecule has 0 atom stereocenters. The summed E-state index contributed by atoms with van der Waals surface area (Å²) in [6.45, 7) is 5.11. The molecule has 0 bridgehead atoms. The lowest BCUT2D eigenvalue weighted by atomic mass is 10.1. The van der Waals surface area contributed by atoms with E-state index < -0.39 is 0 Å². The lowest BCUT2D eigenvalue weighted by Crippen LogP contribution is -2.18. The predicted octanol–water partition coefficient (Wildman–Crippen LogP) is 3.41. The Bertz CT molecular complexity index is 613. The number of pyridine rings is 1. The van der Waals surface area contributed by atoms with Crippen LogP contribution in [-0.2, 0) is 19.5 Å². The first-order chi connectivity index (χ1) is 9.74. The van der Waals surface area contributed by atoms with Gasteiger partial charge in [-0.2, -0.15) is 0 Å². The number of halogens is 1. The highest BCUT2D eigenvalue weighted by Gasteiger charge is 2.14. The number of hydrogen-bond acceptors (Lipinski definition) is 3. The van der Waals surface area contributed by atoms with Crippen molar-refractivity contribution >= 4 is 18.1 Å². The van der Waals surface area contributed by atoms with E-state index in [0.29, 0.717) is 0 Å². The lowest BCUT2D eigenvalue weighted by Gasteiger charge is -2.19. The maximum atomic E-state index is 4.22. The van der Waals surface area contributed by atoms with Crippen LogP contribution < -0.4 is 5.32 Å². The first kappa shape index (κ1) is 15.8. The largest absolute Gasteiger partial charge is 0.384 e. The van der Waals surface area contributed by atoms with Crippen LogP contribution in [0.25, 0.3) is 0 Å². The number of benzene rings is 1. The van der Waals surface area contributed by atoms with Gasteiger partial charge in [0.1, 0.15) is 0 Å². The average Bonchev–Trinajstić information content (AvgIpc) is 2.91. The number of aryl methyl sites for hydroxylation is 1. The average molecular weight is 304 g/mol. The van der Waals surface area contributed by atoms with E-state index in [9.17, 15) is 0 Å². The number of anilines is 1. The van der Waals surface area contributed by atoms with Crippen molar-refractivity contribution in [1.29, 1.82) is 0 Å². The van der Waals surface area contributed by atoms with Crippen molar-refractivity contribution in [3.05, 3.63) is 58.9 Å². The smallest absolute Gasteiger partial charge is 0.0419 e. The predicted molar refractivity (Wildman–Crippen MR) is 90.0 cm³/mol. The highest BCUT2D eigenvalue weighted by Crippen LogP contribution is 2.27. The van der Waals surface area contributed by atoms with Crippen LogP contribution in [0.3, 0.4) is 0 Å². The van der Waals surface area contributed by atoms with E-state index in [-0.39, 0.29) is 12.4 Å². The number of para-hydroxylation sites is 1. The summed E-state index contributed by atoms with van der Waals surface area (Å²) in [6, 6.07) is 8.70. The van der Waals surface area contributed by atoms with Gasteiger partial charge in [-0.3, -0.25) is 9.88 Å². The number of hydrogen-bond donors (Lipinski definition) is 1. The lowest BCUT2D eigenvalue weighted by molar-refractivity contribution is 0.318. The van der Waals surface area contributed by atoms with Crippen molar-refractivity contribution in [2.75, 3.05) is 18.9 Å². The quantitative estimate of drug-likeness (QED) is 0.938. The molecule has 2 aromatic rings. The van der Waals surface area contributed by atoms with Crippen molar-refractivity contribution < 1.29 is 0 Å². The molecule has 0 saturated heterocycles. The summed E-state index contributed by atoms with van der Waals surface area (Å²) in [4.78, 5) is 6.57. The molecule has 2 heterocycles. The van der Waals surface area contributed by atoms with Gasteiger partial charge in [0.15, 0.2) is 0 Å². The monoisotopic (exact) mass is 303 g/mol. The SMILES string of the molecule is Cc1ccncc1CN(C)Cc1cccc2c1NCC2.Cl. The molecule has 0 spiro atoms. The van der Waals surface area contributed by atoms with E-state index >= 15 is 0 Å². The fraction of sp³-hybridized carbons (Fsp3) is 0.353. The number of nitrogens with zero attached hydrogens (tertiary/aromatic N) is 2. The first-order valence-corrected chi connectivity index (χ1v) is 7.16. The Morgan fingerprint density at radius 1 is 1.19 bits per heavy atom. The number of nitrogens with one attached hydrogen (secondary N) is 1. The van der Waals surface area contributed by atoms with Gasteiger partial charge < -0.3 is 5.32 Å². The highest BCUT2D eigenvalue weighted by molar-refractivity contribution is 5.85. The summed E-state index contributed by atoms with van der Waals surface area (Å²) in [6.07, 6.45) is 4.97. The van der Waals surface area contributed by atoms with Crippen LogP contribution in [0.2, 0.25) is 0 Å². The fourth-order valence-electron chi connectivity index (χ4n) is 2.84. The molecule has 1 aliphatic heterocycles. The maximum Gasteiger partial charge on any atom is 0.0419 e. The second kappa shape index (κ2) is 6.92. The Labute approximate surface area is 132 Å². The molecule has 3 nitrogen and oxygen atoms in total. The standard InChI is InChI=1S/C17H21N3.ClH/c1-13-6-8-18-10-16(13)12-20(2)11-15-5-3-4-14-7-9-19-17(14)15;/h3-6,8,10,19H,7,9,11-12H2,1-2H3;1H. The van der Waals surface area contributed by atoms with Crippen LogP contribution in [0.4, 0.5) is 5.69 Å². The van der Waals surface area contributed by atoms with E-state index in [1.165, 1.54) is 27.9 Å². The summed E-state index contributed by atoms with van der Waals surface area (Å²) in [7, 11) is 2.17. The topological polar surface area (TPSA) is 28.2 Å². The van der Waals surface area contributed by atoms with Crippen LogP contribution in [-0.4, -0.2) is 23.5 Å². The maximum absolute atomic E-state index is 4.22. The molecule has 3 rings (SSSR count). The van der Waals surface area contributed by atoms with E-state index in [1.807, 2.05) is 12.4 Å². The number of fused-ring (bicyclic) bond motifs is 1. The molecule has 1 aromatic carbocycles. The van der Waals surface area contributed by atoms with Gasteiger partial charge in [0.2, 0.25) is 0 Å². The van der Waals surface area contributed by atoms with Gasteiger partial charge in [-0.1, -0.05) is 18.2 Å². The summed E-state index contributed by atoms with van der Waals surface area (Å²) in [5.41, 5.74) is 6.80. The van der Waals surface area contributed by atoms with Crippen LogP contribution in [0, 0.1) is 6.92 Å². The minimum Gasteiger partial charge on any atom is -0.384 e. The molecule has 0 radical (unpaired) electrons. The second-order valence-corrected chi connectivity index (χ2v) is 5.60. The normalized spacial score (nSPS) is 12.7. The molecule has 1 aliphatic rings. The van der Waals surface area contributed by atoms with Gasteiger partial charge in [-0.05, 0) is 48.7 Å². The summed E-state index contributed by atoms with van der Waals surface area (Å²) in [5, 5.41) is 3.51. The fourth-order valence-corrected chi connectivity index (χ4v) is 2.84. The Kier molecular flexibility index (Phi) is 5.21. The van der Waals surface area contributed by atoms with E-state index in [1.54, 1.807) is 0 Å². The van der Waals surface area contributed by atoms with Gasteiger partial charge in [0, 0.05) is 37.7 Å². The Morgan fingerprint density at radius 3 is 2.81 bits per heavy atom. The summed E-state index contributed by atoms with van der Waals surface area (Å²) in [5.74, 6) is 0. The van der Waals surface area contributed by atoms with Crippen LogP contribution in [0.5, 0.6) is 0 Å². The van der Waals surface area contributed by atoms with Crippen molar-refractivity contribution in [3.63, 3.8) is 0 Å². The molecular weight excluding hydrogens is 282 g/mol. The third-order valence-corrected chi connectivity index (χ3v) is 3.96. The Morgan fingerprint density at radius 2 is 2.00 bits per heavy atom. The zero-order chi connectivity index (χ0) is 13.9. The molecule has 1 aromatic heterocycles. The highest BCUT2D eigenvalue weighted by atomic mass is 35.5. The molecule has 21 heavy (non-hydrogen) atoms. The Hall–Kier alpha value is -1.58. The zero-order valence-electron chi connectivity index (χ0n) is 12.6. The molecule has 4 heteroatoms. The van der Waals surface area contributed by atoms with Gasteiger partial charge in [0.25, 0.3) is 0 Å². The molecule has 0 amide bonds. The van der Waals surface area contributed by atoms with E-state index in [2.05, 4.69) is 53.4 Å². The van der Waals surface area contributed by atoms with Crippen LogP contribution in [0.15, 0.2) is 36.7 Å². The van der Waals surface area contributed by atoms with Crippen molar-refractivity contribution in [2.24, 2.45) is 0 Å². The molecule has 0 unspecified atom stereocenters. The van der Waals surface area contributed by atoms with Crippen molar-refractivity contribution in [1.82, 2.24) is 9.88 Å². The molecule has 0 aliphatic carbocycles. The van der Waals surface area contributed by atoms with Crippen molar-refractivity contribution in [2.45, 2.75) is 26.4 Å². The Balaban J connectivity index is 0.00000161. The third-order valence-electron chi connectivity index (χ3n) is 3.96. The summed E-state index contributed by atoms with van der Waals surface area (Å²) >= 11 is 0. The van der Waals surface area contributed by atoms with Gasteiger partial charge in [0.05, 0.1) is 0 Å². The van der Waals surface area contributed by atoms with Crippen LogP contribution >= 0.6 is 12.4 Å². The third kappa shape index (κ3) is 3.55. The van der Waals surface area contributed by atoms with Crippen molar-refractivity contribution in [3.8, 4) is 0 Å². The summed E-state index contributed by atoms with van der Waals surface area (Å²) < 4.78 is 0.